The minimum Gasteiger partial charge on any atom is -0.309 e. The molecule has 0 amide bonds. The maximum atomic E-state index is 7.63. The van der Waals surface area contributed by atoms with E-state index in [-0.39, 0.29) is 5.92 Å². The Hall–Kier alpha value is -4.75. The topological polar surface area (TPSA) is 23.9 Å². The van der Waals surface area contributed by atoms with Gasteiger partial charge < -0.3 is 5.41 Å². The molecule has 0 radical (unpaired) electrons. The molecule has 6 unspecified atom stereocenters. The van der Waals surface area contributed by atoms with E-state index < -0.39 is 0 Å². The van der Waals surface area contributed by atoms with Crippen molar-refractivity contribution in [2.24, 2.45) is 17.8 Å². The van der Waals surface area contributed by atoms with E-state index in [0.717, 1.165) is 0 Å². The van der Waals surface area contributed by atoms with Gasteiger partial charge >= 0.3 is 0 Å². The van der Waals surface area contributed by atoms with Crippen LogP contribution in [0.5, 0.6) is 0 Å². The van der Waals surface area contributed by atoms with Crippen molar-refractivity contribution in [3.63, 3.8) is 0 Å². The smallest absolute Gasteiger partial charge is 0.0177 e. The van der Waals surface area contributed by atoms with E-state index >= 15 is 0 Å². The highest BCUT2D eigenvalue weighted by atomic mass is 14.4. The summed E-state index contributed by atoms with van der Waals surface area (Å²) in [6.07, 6.45) is 31.3. The second-order valence-electron chi connectivity index (χ2n) is 12.3. The van der Waals surface area contributed by atoms with Crippen LogP contribution in [0.3, 0.4) is 0 Å². The minimum absolute atomic E-state index is 0.265. The average molecular weight is 554 g/mol. The lowest BCUT2D eigenvalue weighted by Crippen LogP contribution is -2.28. The molecule has 8 rings (SSSR count). The van der Waals surface area contributed by atoms with Gasteiger partial charge in [0.1, 0.15) is 0 Å². The van der Waals surface area contributed by atoms with Crippen molar-refractivity contribution < 1.29 is 0 Å². The van der Waals surface area contributed by atoms with E-state index in [9.17, 15) is 0 Å². The molecule has 0 bridgehead atoms. The quantitative estimate of drug-likeness (QED) is 0.312. The van der Waals surface area contributed by atoms with E-state index in [0.29, 0.717) is 29.6 Å². The zero-order valence-electron chi connectivity index (χ0n) is 24.4. The molecule has 5 aliphatic carbocycles. The highest BCUT2D eigenvalue weighted by Gasteiger charge is 2.38. The molecule has 1 N–H and O–H groups in total. The summed E-state index contributed by atoms with van der Waals surface area (Å²) in [6, 6.07) is 24.9. The second-order valence-corrected chi connectivity index (χ2v) is 12.3. The molecule has 0 aromatic heterocycles. The maximum Gasteiger partial charge on any atom is 0.0177 e. The summed E-state index contributed by atoms with van der Waals surface area (Å²) in [5, 5.41) is 7.63. The van der Waals surface area contributed by atoms with Crippen LogP contribution in [0.25, 0.3) is 22.3 Å². The van der Waals surface area contributed by atoms with E-state index in [1.165, 1.54) is 61.9 Å². The normalized spacial score (nSPS) is 27.7. The monoisotopic (exact) mass is 553 g/mol. The predicted molar refractivity (Wildman–Crippen MR) is 181 cm³/mol. The summed E-state index contributed by atoms with van der Waals surface area (Å²) in [6.45, 7) is 2.28. The molecule has 0 spiro atoms. The van der Waals surface area contributed by atoms with Crippen LogP contribution in [0.4, 0.5) is 0 Å². The van der Waals surface area contributed by atoms with Gasteiger partial charge in [0, 0.05) is 29.9 Å². The highest BCUT2D eigenvalue weighted by Crippen LogP contribution is 2.53. The number of allylic oxidation sites excluding steroid dienone is 16. The number of nitrogens with one attached hydrogen (secondary N) is 1. The zero-order chi connectivity index (χ0) is 28.9. The number of hydrogen-bond acceptors (Lipinski definition) is 1. The first-order valence-electron chi connectivity index (χ1n) is 15.5. The first-order chi connectivity index (χ1) is 21.2. The molecule has 5 aliphatic rings. The number of benzene rings is 3. The predicted octanol–water partition coefficient (Wildman–Crippen LogP) is 10.4. The third-order valence-corrected chi connectivity index (χ3v) is 10.3. The van der Waals surface area contributed by atoms with Gasteiger partial charge in [-0.15, -0.1) is 0 Å². The first-order valence-corrected chi connectivity index (χ1v) is 15.5. The molecule has 0 saturated heterocycles. The molecular formula is C42H35N. The van der Waals surface area contributed by atoms with Crippen molar-refractivity contribution in [1.29, 1.82) is 5.41 Å². The summed E-state index contributed by atoms with van der Waals surface area (Å²) >= 11 is 0. The Bertz CT molecular complexity index is 1880. The Morgan fingerprint density at radius 1 is 0.581 bits per heavy atom. The van der Waals surface area contributed by atoms with E-state index in [4.69, 9.17) is 5.41 Å². The summed E-state index contributed by atoms with van der Waals surface area (Å²) in [4.78, 5) is 0. The molecule has 0 heterocycles. The molecule has 1 heteroatoms. The van der Waals surface area contributed by atoms with Gasteiger partial charge in [0.15, 0.2) is 0 Å². The molecular weight excluding hydrogens is 518 g/mol. The van der Waals surface area contributed by atoms with Gasteiger partial charge in [0.05, 0.1) is 0 Å². The Morgan fingerprint density at radius 3 is 1.93 bits per heavy atom. The maximum absolute atomic E-state index is 7.63. The summed E-state index contributed by atoms with van der Waals surface area (Å²) < 4.78 is 0. The van der Waals surface area contributed by atoms with Crippen LogP contribution >= 0.6 is 0 Å². The van der Waals surface area contributed by atoms with Gasteiger partial charge in [0.2, 0.25) is 0 Å². The largest absolute Gasteiger partial charge is 0.309 e. The van der Waals surface area contributed by atoms with Crippen LogP contribution in [0.2, 0.25) is 0 Å². The zero-order valence-corrected chi connectivity index (χ0v) is 24.4. The fraction of sp³-hybridized carbons (Fsp3) is 0.167. The van der Waals surface area contributed by atoms with Crippen molar-refractivity contribution in [2.75, 3.05) is 0 Å². The number of hydrogen-bond donors (Lipinski definition) is 1. The lowest BCUT2D eigenvalue weighted by molar-refractivity contribution is 0.398. The highest BCUT2D eigenvalue weighted by molar-refractivity contribution is 5.92. The summed E-state index contributed by atoms with van der Waals surface area (Å²) in [5.74, 6) is 2.06. The van der Waals surface area contributed by atoms with Crippen LogP contribution in [-0.2, 0) is 0 Å². The molecule has 0 aliphatic heterocycles. The average Bonchev–Trinajstić information content (AvgIpc) is 3.07. The lowest BCUT2D eigenvalue weighted by Gasteiger charge is -2.40. The Labute approximate surface area is 254 Å². The van der Waals surface area contributed by atoms with Crippen LogP contribution in [-0.4, -0.2) is 6.21 Å². The van der Waals surface area contributed by atoms with Gasteiger partial charge in [-0.3, -0.25) is 0 Å². The van der Waals surface area contributed by atoms with Crippen molar-refractivity contribution in [1.82, 2.24) is 0 Å². The lowest BCUT2D eigenvalue weighted by atomic mass is 9.63. The van der Waals surface area contributed by atoms with Crippen LogP contribution in [0, 0.1) is 23.2 Å². The molecule has 43 heavy (non-hydrogen) atoms. The van der Waals surface area contributed by atoms with E-state index in [1.54, 1.807) is 0 Å². The standard InChI is InChI=1S/C42H35N/c1-27-29(22-11-25-43)31-12-2-3-13-32(31)38-24-23-28(26-41(27)38)30-20-10-21-40-37-17-7-6-16-35(37)33-14-4-5-15-34(33)36-18-8-9-19-39(36)42(30)40/h2-26,33-35,37-38,41,43H,1H3/b22-11-,43-25?. The van der Waals surface area contributed by atoms with Gasteiger partial charge in [-0.25, -0.2) is 0 Å². The fourth-order valence-corrected chi connectivity index (χ4v) is 8.35. The third kappa shape index (κ3) is 4.10. The molecule has 3 aromatic rings. The van der Waals surface area contributed by atoms with Crippen molar-refractivity contribution >= 4 is 17.4 Å². The van der Waals surface area contributed by atoms with Crippen LogP contribution < -0.4 is 0 Å². The first kappa shape index (κ1) is 25.9. The summed E-state index contributed by atoms with van der Waals surface area (Å²) in [5.41, 5.74) is 13.5. The Morgan fingerprint density at radius 2 is 1.19 bits per heavy atom. The van der Waals surface area contributed by atoms with Gasteiger partial charge in [0.25, 0.3) is 0 Å². The van der Waals surface area contributed by atoms with E-state index in [2.05, 4.69) is 147 Å². The summed E-state index contributed by atoms with van der Waals surface area (Å²) in [7, 11) is 0. The molecule has 3 aromatic carbocycles. The fourth-order valence-electron chi connectivity index (χ4n) is 8.35. The number of rotatable bonds is 3. The molecule has 6 atom stereocenters. The number of fused-ring (bicyclic) bond motifs is 11. The van der Waals surface area contributed by atoms with E-state index in [1.807, 2.05) is 6.08 Å². The van der Waals surface area contributed by atoms with Gasteiger partial charge in [-0.1, -0.05) is 145 Å². The Balaban J connectivity index is 1.34. The molecule has 1 nitrogen and oxygen atoms in total. The van der Waals surface area contributed by atoms with Crippen LogP contribution in [0.1, 0.15) is 52.5 Å². The molecule has 0 fully saturated rings. The molecule has 0 saturated carbocycles. The van der Waals surface area contributed by atoms with Crippen LogP contribution in [0.15, 0.2) is 151 Å². The SMILES string of the molecule is CC1=C(/C=C\C=N)c2ccccc2C2C=CC(c3cccc4c3-c3ccccc3C3C=CC=CC3C3C=CC=CC43)=CC12. The third-order valence-electron chi connectivity index (χ3n) is 10.3. The van der Waals surface area contributed by atoms with Gasteiger partial charge in [-0.05, 0) is 74.9 Å². The van der Waals surface area contributed by atoms with Crippen molar-refractivity contribution in [3.05, 3.63) is 179 Å². The Kier molecular flexibility index (Phi) is 6.33. The second kappa shape index (κ2) is 10.5. The van der Waals surface area contributed by atoms with Crippen molar-refractivity contribution in [2.45, 2.75) is 24.7 Å². The molecule has 208 valence electrons. The van der Waals surface area contributed by atoms with Gasteiger partial charge in [-0.2, -0.15) is 0 Å². The van der Waals surface area contributed by atoms with Crippen molar-refractivity contribution in [3.8, 4) is 11.1 Å². The minimum atomic E-state index is 0.265.